The van der Waals surface area contributed by atoms with Crippen molar-refractivity contribution in [1.82, 2.24) is 15.0 Å². The number of nitrogens with zero attached hydrogens (tertiary/aromatic N) is 4. The lowest BCUT2D eigenvalue weighted by Crippen LogP contribution is -2.38. The van der Waals surface area contributed by atoms with Crippen LogP contribution in [0.2, 0.25) is 5.28 Å². The highest BCUT2D eigenvalue weighted by Crippen LogP contribution is 2.23. The van der Waals surface area contributed by atoms with E-state index in [0.717, 1.165) is 32.2 Å². The molecular weight excluding hydrogens is 268 g/mol. The Hall–Kier alpha value is -1.14. The van der Waals surface area contributed by atoms with Gasteiger partial charge in [-0.2, -0.15) is 15.0 Å². The summed E-state index contributed by atoms with van der Waals surface area (Å²) in [6, 6.07) is 0.272. The van der Waals surface area contributed by atoms with Gasteiger partial charge in [0.1, 0.15) is 0 Å². The fourth-order valence-electron chi connectivity index (χ4n) is 2.27. The molecular formula is C12H19ClN4O2. The summed E-state index contributed by atoms with van der Waals surface area (Å²) in [5, 5.41) is 9.63. The molecule has 0 bridgehead atoms. The minimum atomic E-state index is 0.0374. The molecule has 2 heterocycles. The molecule has 19 heavy (non-hydrogen) atoms. The van der Waals surface area contributed by atoms with Crippen molar-refractivity contribution in [3.63, 3.8) is 0 Å². The van der Waals surface area contributed by atoms with E-state index in [1.54, 1.807) is 0 Å². The predicted octanol–water partition coefficient (Wildman–Crippen LogP) is 1.66. The van der Waals surface area contributed by atoms with Gasteiger partial charge in [0, 0.05) is 6.54 Å². The van der Waals surface area contributed by atoms with E-state index < -0.39 is 0 Å². The molecule has 1 aromatic rings. The second-order valence-electron chi connectivity index (χ2n) is 4.50. The average molecular weight is 287 g/mol. The smallest absolute Gasteiger partial charge is 0.322 e. The molecule has 106 valence electrons. The SMILES string of the molecule is CCOc1nc(Cl)nc(N2CCCCCC2CO)n1. The molecule has 1 unspecified atom stereocenters. The maximum Gasteiger partial charge on any atom is 0.322 e. The summed E-state index contributed by atoms with van der Waals surface area (Å²) < 4.78 is 5.28. The molecule has 1 aliphatic rings. The van der Waals surface area contributed by atoms with Crippen LogP contribution in [0.25, 0.3) is 0 Å². The van der Waals surface area contributed by atoms with Crippen LogP contribution in [0.4, 0.5) is 5.95 Å². The summed E-state index contributed by atoms with van der Waals surface area (Å²) in [6.07, 6.45) is 4.26. The first-order valence-corrected chi connectivity index (χ1v) is 7.04. The van der Waals surface area contributed by atoms with Crippen LogP contribution in [-0.2, 0) is 0 Å². The van der Waals surface area contributed by atoms with Crippen molar-refractivity contribution >= 4 is 17.5 Å². The molecule has 1 saturated heterocycles. The summed E-state index contributed by atoms with van der Waals surface area (Å²) in [6.45, 7) is 3.24. The largest absolute Gasteiger partial charge is 0.464 e. The van der Waals surface area contributed by atoms with Crippen molar-refractivity contribution in [3.05, 3.63) is 5.28 Å². The molecule has 0 spiro atoms. The molecule has 1 atom stereocenters. The minimum Gasteiger partial charge on any atom is -0.464 e. The fourth-order valence-corrected chi connectivity index (χ4v) is 2.42. The molecule has 0 radical (unpaired) electrons. The Bertz CT molecular complexity index is 419. The number of aromatic nitrogens is 3. The van der Waals surface area contributed by atoms with Crippen molar-refractivity contribution in [2.75, 3.05) is 24.7 Å². The normalized spacial score (nSPS) is 20.2. The Balaban J connectivity index is 2.26. The van der Waals surface area contributed by atoms with Gasteiger partial charge in [0.25, 0.3) is 0 Å². The Labute approximate surface area is 117 Å². The van der Waals surface area contributed by atoms with Gasteiger partial charge >= 0.3 is 6.01 Å². The van der Waals surface area contributed by atoms with Crippen LogP contribution in [0.15, 0.2) is 0 Å². The van der Waals surface area contributed by atoms with Gasteiger partial charge in [-0.1, -0.05) is 12.8 Å². The maximum absolute atomic E-state index is 9.51. The van der Waals surface area contributed by atoms with Crippen molar-refractivity contribution in [1.29, 1.82) is 0 Å². The van der Waals surface area contributed by atoms with E-state index >= 15 is 0 Å². The lowest BCUT2D eigenvalue weighted by atomic mass is 10.1. The van der Waals surface area contributed by atoms with Crippen LogP contribution in [0, 0.1) is 0 Å². The molecule has 1 N–H and O–H groups in total. The van der Waals surface area contributed by atoms with E-state index in [-0.39, 0.29) is 23.9 Å². The molecule has 1 aromatic heterocycles. The summed E-state index contributed by atoms with van der Waals surface area (Å²) in [4.78, 5) is 14.4. The molecule has 1 aliphatic heterocycles. The van der Waals surface area contributed by atoms with Crippen LogP contribution >= 0.6 is 11.6 Å². The Morgan fingerprint density at radius 1 is 1.32 bits per heavy atom. The lowest BCUT2D eigenvalue weighted by molar-refractivity contribution is 0.253. The van der Waals surface area contributed by atoms with Crippen molar-refractivity contribution < 1.29 is 9.84 Å². The van der Waals surface area contributed by atoms with E-state index in [1.807, 2.05) is 11.8 Å². The van der Waals surface area contributed by atoms with E-state index in [0.29, 0.717) is 12.6 Å². The third kappa shape index (κ3) is 3.67. The molecule has 0 amide bonds. The van der Waals surface area contributed by atoms with Crippen LogP contribution in [0.5, 0.6) is 6.01 Å². The van der Waals surface area contributed by atoms with Gasteiger partial charge in [0.05, 0.1) is 19.3 Å². The second-order valence-corrected chi connectivity index (χ2v) is 4.84. The minimum absolute atomic E-state index is 0.0374. The second kappa shape index (κ2) is 6.86. The van der Waals surface area contributed by atoms with Crippen LogP contribution in [0.3, 0.4) is 0 Å². The number of halogens is 1. The molecule has 1 fully saturated rings. The summed E-state index contributed by atoms with van der Waals surface area (Å²) in [7, 11) is 0. The molecule has 0 saturated carbocycles. The van der Waals surface area contributed by atoms with Crippen molar-refractivity contribution in [2.45, 2.75) is 38.6 Å². The summed E-state index contributed by atoms with van der Waals surface area (Å²) in [5.74, 6) is 0.490. The first-order valence-electron chi connectivity index (χ1n) is 6.66. The number of anilines is 1. The lowest BCUT2D eigenvalue weighted by Gasteiger charge is -2.28. The quantitative estimate of drug-likeness (QED) is 0.908. The average Bonchev–Trinajstić information content (AvgIpc) is 2.63. The number of ether oxygens (including phenoxy) is 1. The number of aliphatic hydroxyl groups is 1. The van der Waals surface area contributed by atoms with Gasteiger partial charge in [0.15, 0.2) is 0 Å². The van der Waals surface area contributed by atoms with Crippen LogP contribution in [0.1, 0.15) is 32.6 Å². The van der Waals surface area contributed by atoms with E-state index in [2.05, 4.69) is 15.0 Å². The standard InChI is InChI=1S/C12H19ClN4O2/c1-2-19-12-15-10(13)14-11(16-12)17-7-5-3-4-6-9(17)8-18/h9,18H,2-8H2,1H3. The van der Waals surface area contributed by atoms with E-state index in [9.17, 15) is 5.11 Å². The third-order valence-electron chi connectivity index (χ3n) is 3.19. The van der Waals surface area contributed by atoms with E-state index in [4.69, 9.17) is 16.3 Å². The molecule has 0 aromatic carbocycles. The van der Waals surface area contributed by atoms with Gasteiger partial charge in [-0.25, -0.2) is 0 Å². The maximum atomic E-state index is 9.51. The first kappa shape index (κ1) is 14.3. The number of hydrogen-bond donors (Lipinski definition) is 1. The fraction of sp³-hybridized carbons (Fsp3) is 0.750. The highest BCUT2D eigenvalue weighted by atomic mass is 35.5. The zero-order chi connectivity index (χ0) is 13.7. The zero-order valence-electron chi connectivity index (χ0n) is 11.0. The monoisotopic (exact) mass is 286 g/mol. The van der Waals surface area contributed by atoms with Gasteiger partial charge in [-0.3, -0.25) is 0 Å². The molecule has 7 heteroatoms. The third-order valence-corrected chi connectivity index (χ3v) is 3.36. The summed E-state index contributed by atoms with van der Waals surface area (Å²) in [5.41, 5.74) is 0. The molecule has 0 aliphatic carbocycles. The Kier molecular flexibility index (Phi) is 5.15. The number of rotatable bonds is 4. The van der Waals surface area contributed by atoms with Gasteiger partial charge in [0.2, 0.25) is 11.2 Å². The van der Waals surface area contributed by atoms with Gasteiger partial charge in [-0.05, 0) is 31.4 Å². The van der Waals surface area contributed by atoms with E-state index in [1.165, 1.54) is 0 Å². The summed E-state index contributed by atoms with van der Waals surface area (Å²) >= 11 is 5.91. The zero-order valence-corrected chi connectivity index (χ0v) is 11.8. The highest BCUT2D eigenvalue weighted by molar-refractivity contribution is 6.28. The van der Waals surface area contributed by atoms with Gasteiger partial charge < -0.3 is 14.7 Å². The number of hydrogen-bond acceptors (Lipinski definition) is 6. The first-order chi connectivity index (χ1) is 9.24. The van der Waals surface area contributed by atoms with Crippen molar-refractivity contribution in [2.24, 2.45) is 0 Å². The predicted molar refractivity (Wildman–Crippen MR) is 72.7 cm³/mol. The molecule has 6 nitrogen and oxygen atoms in total. The number of aliphatic hydroxyl groups excluding tert-OH is 1. The highest BCUT2D eigenvalue weighted by Gasteiger charge is 2.23. The van der Waals surface area contributed by atoms with Crippen molar-refractivity contribution in [3.8, 4) is 6.01 Å². The Morgan fingerprint density at radius 3 is 2.89 bits per heavy atom. The molecule has 2 rings (SSSR count). The van der Waals surface area contributed by atoms with Crippen LogP contribution in [-0.4, -0.2) is 45.9 Å². The topological polar surface area (TPSA) is 71.4 Å². The van der Waals surface area contributed by atoms with Crippen LogP contribution < -0.4 is 9.64 Å². The van der Waals surface area contributed by atoms with Gasteiger partial charge in [-0.15, -0.1) is 0 Å². The Morgan fingerprint density at radius 2 is 2.16 bits per heavy atom.